The van der Waals surface area contributed by atoms with Crippen molar-refractivity contribution in [3.63, 3.8) is 0 Å². The summed E-state index contributed by atoms with van der Waals surface area (Å²) in [7, 11) is 0. The maximum atomic E-state index is 12.0. The number of benzene rings is 1. The van der Waals surface area contributed by atoms with Gasteiger partial charge in [0.15, 0.2) is 6.10 Å². The van der Waals surface area contributed by atoms with Crippen molar-refractivity contribution in [2.75, 3.05) is 5.32 Å². The van der Waals surface area contributed by atoms with Crippen LogP contribution in [0.1, 0.15) is 18.1 Å². The van der Waals surface area contributed by atoms with Crippen molar-refractivity contribution in [1.29, 1.82) is 5.26 Å². The van der Waals surface area contributed by atoms with Crippen molar-refractivity contribution in [1.82, 2.24) is 0 Å². The van der Waals surface area contributed by atoms with Gasteiger partial charge in [-0.15, -0.1) is 0 Å². The second-order valence-electron chi connectivity index (χ2n) is 4.62. The molecule has 2 aromatic rings. The summed E-state index contributed by atoms with van der Waals surface area (Å²) in [6, 6.07) is 10.5. The first-order valence-corrected chi connectivity index (χ1v) is 7.75. The maximum Gasteiger partial charge on any atom is 0.331 e. The fourth-order valence-corrected chi connectivity index (χ4v) is 2.35. The molecule has 1 N–H and O–H groups in total. The molecule has 116 valence electrons. The van der Waals surface area contributed by atoms with E-state index in [1.807, 2.05) is 22.9 Å². The summed E-state index contributed by atoms with van der Waals surface area (Å²) in [6.45, 7) is 1.47. The SMILES string of the molecule is C[C@H](OC(=O)/C=C/c1ccsc1)C(=O)Nc1ccccc1C#N. The van der Waals surface area contributed by atoms with E-state index in [1.165, 1.54) is 24.3 Å². The van der Waals surface area contributed by atoms with E-state index in [9.17, 15) is 9.59 Å². The number of nitriles is 1. The third kappa shape index (κ3) is 4.80. The van der Waals surface area contributed by atoms with E-state index in [-0.39, 0.29) is 0 Å². The average Bonchev–Trinajstić information content (AvgIpc) is 3.06. The van der Waals surface area contributed by atoms with Crippen molar-refractivity contribution < 1.29 is 14.3 Å². The zero-order valence-electron chi connectivity index (χ0n) is 12.4. The number of nitrogens with one attached hydrogen (secondary N) is 1. The molecule has 0 radical (unpaired) electrons. The van der Waals surface area contributed by atoms with Gasteiger partial charge in [-0.3, -0.25) is 4.79 Å². The molecule has 0 aliphatic heterocycles. The van der Waals surface area contributed by atoms with Gasteiger partial charge in [-0.05, 0) is 47.5 Å². The number of hydrogen-bond donors (Lipinski definition) is 1. The Morgan fingerprint density at radius 3 is 2.83 bits per heavy atom. The Labute approximate surface area is 137 Å². The van der Waals surface area contributed by atoms with Crippen LogP contribution in [-0.4, -0.2) is 18.0 Å². The number of rotatable bonds is 5. The van der Waals surface area contributed by atoms with Crippen LogP contribution in [0.15, 0.2) is 47.2 Å². The average molecular weight is 326 g/mol. The maximum absolute atomic E-state index is 12.0. The highest BCUT2D eigenvalue weighted by Crippen LogP contribution is 2.14. The van der Waals surface area contributed by atoms with Crippen LogP contribution in [0.5, 0.6) is 0 Å². The Balaban J connectivity index is 1.92. The number of anilines is 1. The molecule has 1 atom stereocenters. The van der Waals surface area contributed by atoms with E-state index in [0.29, 0.717) is 11.3 Å². The van der Waals surface area contributed by atoms with Gasteiger partial charge in [0.2, 0.25) is 0 Å². The summed E-state index contributed by atoms with van der Waals surface area (Å²) in [4.78, 5) is 23.7. The van der Waals surface area contributed by atoms with Gasteiger partial charge in [-0.1, -0.05) is 12.1 Å². The molecule has 0 saturated carbocycles. The lowest BCUT2D eigenvalue weighted by molar-refractivity contribution is -0.148. The third-order valence-electron chi connectivity index (χ3n) is 2.92. The number of esters is 1. The molecule has 2 rings (SSSR count). The monoisotopic (exact) mass is 326 g/mol. The molecule has 1 aromatic heterocycles. The van der Waals surface area contributed by atoms with Crippen molar-refractivity contribution in [2.45, 2.75) is 13.0 Å². The standard InChI is InChI=1S/C17H14N2O3S/c1-12(22-16(20)7-6-13-8-9-23-11-13)17(21)19-15-5-3-2-4-14(15)10-18/h2-9,11-12H,1H3,(H,19,21)/b7-6+/t12-/m0/s1. The van der Waals surface area contributed by atoms with Crippen LogP contribution in [0.4, 0.5) is 5.69 Å². The van der Waals surface area contributed by atoms with Gasteiger partial charge in [-0.2, -0.15) is 16.6 Å². The zero-order valence-corrected chi connectivity index (χ0v) is 13.2. The minimum atomic E-state index is -0.971. The van der Waals surface area contributed by atoms with Crippen molar-refractivity contribution >= 4 is 35.0 Å². The van der Waals surface area contributed by atoms with Crippen molar-refractivity contribution in [3.8, 4) is 6.07 Å². The van der Waals surface area contributed by atoms with Gasteiger partial charge in [0, 0.05) is 6.08 Å². The van der Waals surface area contributed by atoms with Gasteiger partial charge >= 0.3 is 5.97 Å². The normalized spacial score (nSPS) is 11.7. The van der Waals surface area contributed by atoms with Gasteiger partial charge in [0.25, 0.3) is 5.91 Å². The van der Waals surface area contributed by atoms with Crippen LogP contribution < -0.4 is 5.32 Å². The number of carbonyl (C=O) groups excluding carboxylic acids is 2. The lowest BCUT2D eigenvalue weighted by Gasteiger charge is -2.13. The summed E-state index contributed by atoms with van der Waals surface area (Å²) < 4.78 is 5.04. The number of thiophene rings is 1. The van der Waals surface area contributed by atoms with Crippen LogP contribution in [0, 0.1) is 11.3 Å². The minimum Gasteiger partial charge on any atom is -0.449 e. The molecule has 0 unspecified atom stereocenters. The second-order valence-corrected chi connectivity index (χ2v) is 5.40. The summed E-state index contributed by atoms with van der Waals surface area (Å²) in [5.41, 5.74) is 1.63. The van der Waals surface area contributed by atoms with Crippen LogP contribution in [0.3, 0.4) is 0 Å². The first kappa shape index (κ1) is 16.5. The van der Waals surface area contributed by atoms with Gasteiger partial charge < -0.3 is 10.1 Å². The lowest BCUT2D eigenvalue weighted by Crippen LogP contribution is -2.29. The molecule has 0 spiro atoms. The van der Waals surface area contributed by atoms with Crippen LogP contribution in [0.25, 0.3) is 6.08 Å². The van der Waals surface area contributed by atoms with E-state index >= 15 is 0 Å². The fourth-order valence-electron chi connectivity index (χ4n) is 1.73. The predicted molar refractivity (Wildman–Crippen MR) is 88.7 cm³/mol. The van der Waals surface area contributed by atoms with E-state index in [1.54, 1.807) is 30.3 Å². The topological polar surface area (TPSA) is 79.2 Å². The highest BCUT2D eigenvalue weighted by atomic mass is 32.1. The van der Waals surface area contributed by atoms with Gasteiger partial charge in [-0.25, -0.2) is 4.79 Å². The number of nitrogens with zero attached hydrogens (tertiary/aromatic N) is 1. The highest BCUT2D eigenvalue weighted by Gasteiger charge is 2.17. The summed E-state index contributed by atoms with van der Waals surface area (Å²) >= 11 is 1.52. The van der Waals surface area contributed by atoms with E-state index < -0.39 is 18.0 Å². The predicted octanol–water partition coefficient (Wildman–Crippen LogP) is 3.20. The minimum absolute atomic E-state index is 0.344. The van der Waals surface area contributed by atoms with Crippen LogP contribution >= 0.6 is 11.3 Å². The quantitative estimate of drug-likeness (QED) is 0.676. The third-order valence-corrected chi connectivity index (χ3v) is 3.62. The van der Waals surface area contributed by atoms with E-state index in [0.717, 1.165) is 5.56 Å². The van der Waals surface area contributed by atoms with Gasteiger partial charge in [0.05, 0.1) is 11.3 Å². The molecule has 1 heterocycles. The van der Waals surface area contributed by atoms with Crippen LogP contribution in [-0.2, 0) is 14.3 Å². The Morgan fingerprint density at radius 2 is 2.13 bits per heavy atom. The summed E-state index contributed by atoms with van der Waals surface area (Å²) in [5, 5.41) is 15.3. The summed E-state index contributed by atoms with van der Waals surface area (Å²) in [6.07, 6.45) is 1.92. The molecule has 6 heteroatoms. The second kappa shape index (κ2) is 7.92. The zero-order chi connectivity index (χ0) is 16.7. The molecule has 1 aromatic carbocycles. The van der Waals surface area contributed by atoms with Crippen molar-refractivity contribution in [2.24, 2.45) is 0 Å². The number of ether oxygens (including phenoxy) is 1. The Kier molecular flexibility index (Phi) is 5.67. The molecule has 0 bridgehead atoms. The number of carbonyl (C=O) groups is 2. The molecule has 23 heavy (non-hydrogen) atoms. The molecule has 5 nitrogen and oxygen atoms in total. The first-order chi connectivity index (χ1) is 11.1. The molecule has 0 aliphatic carbocycles. The first-order valence-electron chi connectivity index (χ1n) is 6.81. The molecular weight excluding hydrogens is 312 g/mol. The fraction of sp³-hybridized carbons (Fsp3) is 0.118. The lowest BCUT2D eigenvalue weighted by atomic mass is 10.2. The molecule has 0 aliphatic rings. The molecule has 0 fully saturated rings. The highest BCUT2D eigenvalue weighted by molar-refractivity contribution is 7.08. The van der Waals surface area contributed by atoms with Crippen LogP contribution in [0.2, 0.25) is 0 Å². The largest absolute Gasteiger partial charge is 0.449 e. The number of amides is 1. The smallest absolute Gasteiger partial charge is 0.331 e. The molecular formula is C17H14N2O3S. The molecule has 1 amide bonds. The van der Waals surface area contributed by atoms with E-state index in [2.05, 4.69) is 5.32 Å². The van der Waals surface area contributed by atoms with E-state index in [4.69, 9.17) is 10.00 Å². The number of para-hydroxylation sites is 1. The number of hydrogen-bond acceptors (Lipinski definition) is 5. The Bertz CT molecular complexity index is 760. The molecule has 0 saturated heterocycles. The summed E-state index contributed by atoms with van der Waals surface area (Å²) in [5.74, 6) is -1.10. The Morgan fingerprint density at radius 1 is 1.35 bits per heavy atom. The van der Waals surface area contributed by atoms with Gasteiger partial charge in [0.1, 0.15) is 6.07 Å². The van der Waals surface area contributed by atoms with Crippen molar-refractivity contribution in [3.05, 3.63) is 58.3 Å². The Hall–Kier alpha value is -2.91.